The molecule has 0 aliphatic carbocycles. The molecule has 0 atom stereocenters. The summed E-state index contributed by atoms with van der Waals surface area (Å²) in [6.07, 6.45) is 0. The minimum absolute atomic E-state index is 0.325. The van der Waals surface area contributed by atoms with Gasteiger partial charge >= 0.3 is 0 Å². The standard InChI is InChI=1S/C23H19ClN4OS2/c24-18-6-4-5-17(13-18)22-27-21(29-28-22)14-25-23(30)26-19-11-9-16(10-12-19)15-31-20-7-2-1-3-8-20/h1-13H,14-15H2,(H2,25,26,30). The fourth-order valence-electron chi connectivity index (χ4n) is 2.77. The summed E-state index contributed by atoms with van der Waals surface area (Å²) in [6, 6.07) is 25.9. The molecule has 4 aromatic rings. The van der Waals surface area contributed by atoms with Gasteiger partial charge in [-0.3, -0.25) is 0 Å². The smallest absolute Gasteiger partial charge is 0.246 e. The molecule has 31 heavy (non-hydrogen) atoms. The van der Waals surface area contributed by atoms with E-state index >= 15 is 0 Å². The summed E-state index contributed by atoms with van der Waals surface area (Å²) in [5, 5.41) is 11.3. The van der Waals surface area contributed by atoms with E-state index in [1.54, 1.807) is 12.1 Å². The van der Waals surface area contributed by atoms with E-state index in [2.05, 4.69) is 57.2 Å². The van der Waals surface area contributed by atoms with Gasteiger partial charge in [-0.2, -0.15) is 4.98 Å². The lowest BCUT2D eigenvalue weighted by Crippen LogP contribution is -2.28. The minimum atomic E-state index is 0.325. The molecule has 2 N–H and O–H groups in total. The Morgan fingerprint density at radius 3 is 2.58 bits per heavy atom. The summed E-state index contributed by atoms with van der Waals surface area (Å²) in [6.45, 7) is 0.325. The number of halogens is 1. The fraction of sp³-hybridized carbons (Fsp3) is 0.0870. The quantitative estimate of drug-likeness (QED) is 0.249. The van der Waals surface area contributed by atoms with Crippen molar-refractivity contribution in [3.63, 3.8) is 0 Å². The van der Waals surface area contributed by atoms with Crippen molar-refractivity contribution in [1.29, 1.82) is 0 Å². The van der Waals surface area contributed by atoms with Crippen molar-refractivity contribution in [3.05, 3.63) is 95.3 Å². The second kappa shape index (κ2) is 10.4. The molecule has 1 aromatic heterocycles. The number of hydrogen-bond donors (Lipinski definition) is 2. The highest BCUT2D eigenvalue weighted by atomic mass is 35.5. The summed E-state index contributed by atoms with van der Waals surface area (Å²) in [7, 11) is 0. The molecule has 1 heterocycles. The van der Waals surface area contributed by atoms with Gasteiger partial charge in [0.05, 0.1) is 6.54 Å². The molecule has 0 unspecified atom stereocenters. The molecule has 0 saturated carbocycles. The van der Waals surface area contributed by atoms with Crippen LogP contribution in [0.4, 0.5) is 5.69 Å². The van der Waals surface area contributed by atoms with Gasteiger partial charge in [-0.1, -0.05) is 59.2 Å². The predicted octanol–water partition coefficient (Wildman–Crippen LogP) is 6.17. The Morgan fingerprint density at radius 1 is 1.00 bits per heavy atom. The lowest BCUT2D eigenvalue weighted by Gasteiger charge is -2.09. The monoisotopic (exact) mass is 466 g/mol. The maximum atomic E-state index is 6.01. The van der Waals surface area contributed by atoms with E-state index in [9.17, 15) is 0 Å². The van der Waals surface area contributed by atoms with Crippen LogP contribution in [0, 0.1) is 0 Å². The molecule has 0 aliphatic rings. The first-order chi connectivity index (χ1) is 15.2. The van der Waals surface area contributed by atoms with Crippen LogP contribution in [0.5, 0.6) is 0 Å². The molecule has 0 aliphatic heterocycles. The van der Waals surface area contributed by atoms with Crippen LogP contribution >= 0.6 is 35.6 Å². The van der Waals surface area contributed by atoms with E-state index in [4.69, 9.17) is 28.3 Å². The van der Waals surface area contributed by atoms with Crippen molar-refractivity contribution in [2.24, 2.45) is 0 Å². The van der Waals surface area contributed by atoms with E-state index in [1.165, 1.54) is 10.5 Å². The predicted molar refractivity (Wildman–Crippen MR) is 130 cm³/mol. The van der Waals surface area contributed by atoms with Crippen LogP contribution in [0.3, 0.4) is 0 Å². The van der Waals surface area contributed by atoms with Crippen LogP contribution in [0.25, 0.3) is 11.4 Å². The van der Waals surface area contributed by atoms with E-state index < -0.39 is 0 Å². The number of aromatic nitrogens is 2. The Balaban J connectivity index is 1.25. The third-order valence-electron chi connectivity index (χ3n) is 4.31. The number of nitrogens with one attached hydrogen (secondary N) is 2. The lowest BCUT2D eigenvalue weighted by molar-refractivity contribution is 0.376. The average molecular weight is 467 g/mol. The Hall–Kier alpha value is -2.87. The number of benzene rings is 3. The van der Waals surface area contributed by atoms with Crippen molar-refractivity contribution in [3.8, 4) is 11.4 Å². The first-order valence-corrected chi connectivity index (χ1v) is 11.3. The summed E-state index contributed by atoms with van der Waals surface area (Å²) >= 11 is 13.2. The summed E-state index contributed by atoms with van der Waals surface area (Å²) in [5.74, 6) is 1.84. The van der Waals surface area contributed by atoms with Gasteiger partial charge in [0, 0.05) is 26.9 Å². The number of hydrogen-bond acceptors (Lipinski definition) is 5. The van der Waals surface area contributed by atoms with Crippen molar-refractivity contribution in [2.75, 3.05) is 5.32 Å². The van der Waals surface area contributed by atoms with Gasteiger partial charge in [-0.25, -0.2) is 0 Å². The number of rotatable bonds is 7. The van der Waals surface area contributed by atoms with Crippen molar-refractivity contribution >= 4 is 46.4 Å². The normalized spacial score (nSPS) is 10.6. The van der Waals surface area contributed by atoms with Crippen LogP contribution in [-0.4, -0.2) is 15.3 Å². The SMILES string of the molecule is S=C(NCc1nc(-c2cccc(Cl)c2)no1)Nc1ccc(CSc2ccccc2)cc1. The zero-order valence-corrected chi connectivity index (χ0v) is 18.8. The van der Waals surface area contributed by atoms with E-state index in [-0.39, 0.29) is 0 Å². The largest absolute Gasteiger partial charge is 0.353 e. The Morgan fingerprint density at radius 2 is 1.81 bits per heavy atom. The fourth-order valence-corrected chi connectivity index (χ4v) is 4.03. The zero-order chi connectivity index (χ0) is 21.5. The molecular formula is C23H19ClN4OS2. The van der Waals surface area contributed by atoms with Crippen molar-refractivity contribution in [1.82, 2.24) is 15.5 Å². The Bertz CT molecular complexity index is 1150. The molecule has 8 heteroatoms. The first kappa shape index (κ1) is 21.4. The highest BCUT2D eigenvalue weighted by Gasteiger charge is 2.09. The van der Waals surface area contributed by atoms with E-state index in [0.29, 0.717) is 28.4 Å². The maximum absolute atomic E-state index is 6.01. The zero-order valence-electron chi connectivity index (χ0n) is 16.4. The second-order valence-electron chi connectivity index (χ2n) is 6.63. The van der Waals surface area contributed by atoms with Crippen molar-refractivity contribution in [2.45, 2.75) is 17.2 Å². The number of thiocarbonyl (C=S) groups is 1. The van der Waals surface area contributed by atoms with E-state index in [0.717, 1.165) is 17.0 Å². The third kappa shape index (κ3) is 6.30. The number of anilines is 1. The summed E-state index contributed by atoms with van der Waals surface area (Å²) < 4.78 is 5.28. The van der Waals surface area contributed by atoms with Crippen LogP contribution < -0.4 is 10.6 Å². The van der Waals surface area contributed by atoms with E-state index in [1.807, 2.05) is 42.1 Å². The summed E-state index contributed by atoms with van der Waals surface area (Å²) in [4.78, 5) is 5.63. The minimum Gasteiger partial charge on any atom is -0.353 e. The highest BCUT2D eigenvalue weighted by Crippen LogP contribution is 2.23. The molecule has 156 valence electrons. The summed E-state index contributed by atoms with van der Waals surface area (Å²) in [5.41, 5.74) is 2.96. The molecule has 5 nitrogen and oxygen atoms in total. The topological polar surface area (TPSA) is 63.0 Å². The van der Waals surface area contributed by atoms with Crippen molar-refractivity contribution < 1.29 is 4.52 Å². The lowest BCUT2D eigenvalue weighted by atomic mass is 10.2. The highest BCUT2D eigenvalue weighted by molar-refractivity contribution is 7.98. The maximum Gasteiger partial charge on any atom is 0.246 e. The molecule has 0 saturated heterocycles. The first-order valence-electron chi connectivity index (χ1n) is 9.56. The molecule has 0 radical (unpaired) electrons. The Kier molecular flexibility index (Phi) is 7.19. The Labute approximate surface area is 195 Å². The van der Waals surface area contributed by atoms with Gasteiger partial charge in [0.15, 0.2) is 5.11 Å². The molecule has 0 spiro atoms. The molecular weight excluding hydrogens is 448 g/mol. The number of nitrogens with zero attached hydrogens (tertiary/aromatic N) is 2. The van der Waals surface area contributed by atoms with Gasteiger partial charge in [-0.05, 0) is 54.2 Å². The van der Waals surface area contributed by atoms with Gasteiger partial charge in [0.1, 0.15) is 0 Å². The van der Waals surface area contributed by atoms with Crippen LogP contribution in [0.1, 0.15) is 11.5 Å². The van der Waals surface area contributed by atoms with Crippen LogP contribution in [-0.2, 0) is 12.3 Å². The van der Waals surface area contributed by atoms with Gasteiger partial charge in [0.25, 0.3) is 0 Å². The molecule has 4 rings (SSSR count). The third-order valence-corrected chi connectivity index (χ3v) is 5.88. The van der Waals surface area contributed by atoms with Crippen LogP contribution in [0.2, 0.25) is 5.02 Å². The molecule has 0 amide bonds. The average Bonchev–Trinajstić information content (AvgIpc) is 3.27. The molecule has 3 aromatic carbocycles. The molecule has 0 bridgehead atoms. The van der Waals surface area contributed by atoms with Crippen LogP contribution in [0.15, 0.2) is 88.3 Å². The number of thioether (sulfide) groups is 1. The van der Waals surface area contributed by atoms with Gasteiger partial charge < -0.3 is 15.2 Å². The van der Waals surface area contributed by atoms with Gasteiger partial charge in [-0.15, -0.1) is 11.8 Å². The molecule has 0 fully saturated rings. The van der Waals surface area contributed by atoms with Gasteiger partial charge in [0.2, 0.25) is 11.7 Å². The second-order valence-corrected chi connectivity index (χ2v) is 8.52.